The lowest BCUT2D eigenvalue weighted by molar-refractivity contribution is 0.594. The van der Waals surface area contributed by atoms with Crippen LogP contribution in [0.1, 0.15) is 11.1 Å². The van der Waals surface area contributed by atoms with Crippen molar-refractivity contribution in [2.24, 2.45) is 4.99 Å². The third-order valence-corrected chi connectivity index (χ3v) is 5.90. The van der Waals surface area contributed by atoms with Crippen LogP contribution in [-0.2, 0) is 16.4 Å². The first-order valence-corrected chi connectivity index (χ1v) is 10.3. The minimum Gasteiger partial charge on any atom is -0.355 e. The number of benzene rings is 2. The Morgan fingerprint density at radius 2 is 1.65 bits per heavy atom. The molecular weight excluding hydrogens is 529 g/mol. The van der Waals surface area contributed by atoms with Crippen molar-refractivity contribution in [1.82, 2.24) is 10.6 Å². The number of aryl methyl sites for hydroxylation is 1. The molecule has 0 heterocycles. The van der Waals surface area contributed by atoms with Crippen molar-refractivity contribution in [3.05, 3.63) is 64.1 Å². The summed E-state index contributed by atoms with van der Waals surface area (Å²) in [5.74, 6) is 0.575. The molecule has 2 rings (SSSR count). The minimum absolute atomic E-state index is 0. The molecule has 0 aliphatic rings. The van der Waals surface area contributed by atoms with E-state index in [0.29, 0.717) is 17.4 Å². The summed E-state index contributed by atoms with van der Waals surface area (Å²) in [4.78, 5) is 4.44. The van der Waals surface area contributed by atoms with Crippen LogP contribution in [0.25, 0.3) is 0 Å². The van der Waals surface area contributed by atoms with E-state index in [1.54, 1.807) is 31.3 Å². The van der Waals surface area contributed by atoms with Crippen LogP contribution in [0, 0.1) is 6.92 Å². The van der Waals surface area contributed by atoms with Gasteiger partial charge in [-0.25, -0.2) is 8.42 Å². The van der Waals surface area contributed by atoms with Crippen molar-refractivity contribution in [3.63, 3.8) is 0 Å². The van der Waals surface area contributed by atoms with Gasteiger partial charge in [-0.1, -0.05) is 45.8 Å². The lowest BCUT2D eigenvalue weighted by Crippen LogP contribution is -2.39. The van der Waals surface area contributed by atoms with Gasteiger partial charge >= 0.3 is 0 Å². The molecule has 2 aromatic carbocycles. The first kappa shape index (κ1) is 22.9. The zero-order valence-electron chi connectivity index (χ0n) is 14.7. The smallest absolute Gasteiger partial charge is 0.191 e. The van der Waals surface area contributed by atoms with E-state index in [4.69, 9.17) is 0 Å². The Kier molecular flexibility index (Phi) is 9.59. The molecule has 0 atom stereocenters. The Labute approximate surface area is 180 Å². The Morgan fingerprint density at radius 3 is 2.23 bits per heavy atom. The van der Waals surface area contributed by atoms with E-state index >= 15 is 0 Å². The monoisotopic (exact) mass is 551 g/mol. The number of halogens is 2. The predicted molar refractivity (Wildman–Crippen MR) is 121 cm³/mol. The van der Waals surface area contributed by atoms with Gasteiger partial charge in [0.15, 0.2) is 15.8 Å². The summed E-state index contributed by atoms with van der Waals surface area (Å²) in [6, 6.07) is 14.9. The fourth-order valence-corrected chi connectivity index (χ4v) is 3.60. The van der Waals surface area contributed by atoms with Gasteiger partial charge in [0, 0.05) is 24.6 Å². The Hall–Kier alpha value is -1.13. The maximum Gasteiger partial charge on any atom is 0.191 e. The van der Waals surface area contributed by atoms with Gasteiger partial charge in [0.2, 0.25) is 0 Å². The number of nitrogens with zero attached hydrogens (tertiary/aromatic N) is 1. The van der Waals surface area contributed by atoms with Gasteiger partial charge in [0.25, 0.3) is 0 Å². The van der Waals surface area contributed by atoms with E-state index in [2.05, 4.69) is 43.7 Å². The van der Waals surface area contributed by atoms with Crippen molar-refractivity contribution in [2.45, 2.75) is 18.4 Å². The van der Waals surface area contributed by atoms with Crippen LogP contribution >= 0.6 is 39.9 Å². The second kappa shape index (κ2) is 10.9. The van der Waals surface area contributed by atoms with Gasteiger partial charge in [-0.05, 0) is 36.8 Å². The quantitative estimate of drug-likeness (QED) is 0.327. The van der Waals surface area contributed by atoms with E-state index in [1.807, 2.05) is 19.1 Å². The normalized spacial score (nSPS) is 11.6. The minimum atomic E-state index is -3.32. The van der Waals surface area contributed by atoms with Crippen LogP contribution in [0.2, 0.25) is 0 Å². The van der Waals surface area contributed by atoms with Crippen LogP contribution < -0.4 is 10.6 Å². The van der Waals surface area contributed by atoms with Gasteiger partial charge in [0.05, 0.1) is 10.6 Å². The lowest BCUT2D eigenvalue weighted by Gasteiger charge is -2.12. The van der Waals surface area contributed by atoms with Gasteiger partial charge in [-0.3, -0.25) is 4.99 Å². The Bertz CT molecular complexity index is 823. The number of hydrogen-bond acceptors (Lipinski definition) is 3. The number of sulfone groups is 1. The molecule has 0 aliphatic heterocycles. The van der Waals surface area contributed by atoms with E-state index in [1.165, 1.54) is 5.56 Å². The molecule has 0 amide bonds. The van der Waals surface area contributed by atoms with E-state index in [-0.39, 0.29) is 36.3 Å². The fraction of sp³-hybridized carbons (Fsp3) is 0.278. The molecular formula is C18H23BrIN3O2S. The zero-order chi connectivity index (χ0) is 18.3. The van der Waals surface area contributed by atoms with Crippen LogP contribution in [0.3, 0.4) is 0 Å². The lowest BCUT2D eigenvalue weighted by atomic mass is 10.1. The average Bonchev–Trinajstić information content (AvgIpc) is 2.59. The molecule has 0 spiro atoms. The number of aliphatic imine (C=N–C) groups is 1. The molecule has 2 N–H and O–H groups in total. The molecule has 0 saturated heterocycles. The van der Waals surface area contributed by atoms with Crippen molar-refractivity contribution in [1.29, 1.82) is 0 Å². The molecule has 2 aromatic rings. The summed E-state index contributed by atoms with van der Waals surface area (Å²) in [7, 11) is -1.66. The van der Waals surface area contributed by atoms with Crippen molar-refractivity contribution < 1.29 is 8.42 Å². The predicted octanol–water partition coefficient (Wildman–Crippen LogP) is 3.51. The third kappa shape index (κ3) is 7.24. The molecule has 8 heteroatoms. The molecule has 0 saturated carbocycles. The third-order valence-electron chi connectivity index (χ3n) is 3.64. The van der Waals surface area contributed by atoms with Crippen LogP contribution in [0.5, 0.6) is 0 Å². The molecule has 0 aromatic heterocycles. The van der Waals surface area contributed by atoms with Gasteiger partial charge < -0.3 is 10.6 Å². The second-order valence-corrected chi connectivity index (χ2v) is 8.64. The van der Waals surface area contributed by atoms with Crippen molar-refractivity contribution >= 4 is 55.7 Å². The number of rotatable bonds is 6. The molecule has 5 nitrogen and oxygen atoms in total. The zero-order valence-corrected chi connectivity index (χ0v) is 19.4. The first-order chi connectivity index (χ1) is 11.9. The van der Waals surface area contributed by atoms with Gasteiger partial charge in [-0.2, -0.15) is 0 Å². The molecule has 0 bridgehead atoms. The molecule has 0 aliphatic carbocycles. The molecule has 142 valence electrons. The van der Waals surface area contributed by atoms with Crippen LogP contribution in [0.4, 0.5) is 0 Å². The average molecular weight is 552 g/mol. The molecule has 0 fully saturated rings. The highest BCUT2D eigenvalue weighted by molar-refractivity contribution is 14.0. The first-order valence-electron chi connectivity index (χ1n) is 7.89. The van der Waals surface area contributed by atoms with Gasteiger partial charge in [-0.15, -0.1) is 24.0 Å². The Balaban J connectivity index is 0.00000338. The second-order valence-electron chi connectivity index (χ2n) is 5.61. The maximum absolute atomic E-state index is 12.3. The summed E-state index contributed by atoms with van der Waals surface area (Å²) in [5.41, 5.74) is 2.35. The van der Waals surface area contributed by atoms with Crippen LogP contribution in [-0.4, -0.2) is 33.7 Å². The highest BCUT2D eigenvalue weighted by Crippen LogP contribution is 2.15. The van der Waals surface area contributed by atoms with Crippen molar-refractivity contribution in [3.8, 4) is 0 Å². The number of hydrogen-bond donors (Lipinski definition) is 2. The summed E-state index contributed by atoms with van der Waals surface area (Å²) >= 11 is 3.30. The van der Waals surface area contributed by atoms with E-state index in [0.717, 1.165) is 10.0 Å². The summed E-state index contributed by atoms with van der Waals surface area (Å²) in [6.07, 6.45) is 0. The largest absolute Gasteiger partial charge is 0.355 e. The van der Waals surface area contributed by atoms with E-state index in [9.17, 15) is 8.42 Å². The maximum atomic E-state index is 12.3. The Morgan fingerprint density at radius 1 is 1.04 bits per heavy atom. The summed E-state index contributed by atoms with van der Waals surface area (Å²) in [5, 5.41) is 6.22. The summed E-state index contributed by atoms with van der Waals surface area (Å²) in [6.45, 7) is 2.95. The number of guanidine groups is 1. The SMILES string of the molecule is CN=C(NCCS(=O)(=O)c1ccc(Br)cc1)NCc1ccc(C)cc1.I. The molecule has 26 heavy (non-hydrogen) atoms. The highest BCUT2D eigenvalue weighted by Gasteiger charge is 2.14. The molecule has 0 radical (unpaired) electrons. The highest BCUT2D eigenvalue weighted by atomic mass is 127. The molecule has 0 unspecified atom stereocenters. The number of nitrogens with one attached hydrogen (secondary N) is 2. The standard InChI is InChI=1S/C18H22BrN3O2S.HI/c1-14-3-5-15(6-4-14)13-22-18(20-2)21-11-12-25(23,24)17-9-7-16(19)8-10-17;/h3-10H,11-13H2,1-2H3,(H2,20,21,22);1H. The fourth-order valence-electron chi connectivity index (χ4n) is 2.18. The van der Waals surface area contributed by atoms with Crippen LogP contribution in [0.15, 0.2) is 62.9 Å². The topological polar surface area (TPSA) is 70.6 Å². The van der Waals surface area contributed by atoms with E-state index < -0.39 is 9.84 Å². The van der Waals surface area contributed by atoms with Gasteiger partial charge in [0.1, 0.15) is 0 Å². The van der Waals surface area contributed by atoms with Crippen molar-refractivity contribution in [2.75, 3.05) is 19.3 Å². The summed E-state index contributed by atoms with van der Waals surface area (Å²) < 4.78 is 25.5.